The molecule has 6 aromatic rings. The van der Waals surface area contributed by atoms with E-state index in [1.54, 1.807) is 0 Å². The van der Waals surface area contributed by atoms with E-state index in [-0.39, 0.29) is 0 Å². The van der Waals surface area contributed by atoms with Gasteiger partial charge in [0.2, 0.25) is 0 Å². The number of hydrogen-bond acceptors (Lipinski definition) is 2. The van der Waals surface area contributed by atoms with E-state index >= 15 is 0 Å². The maximum absolute atomic E-state index is 2.38. The van der Waals surface area contributed by atoms with Gasteiger partial charge in [-0.15, -0.1) is 0 Å². The van der Waals surface area contributed by atoms with Crippen molar-refractivity contribution < 1.29 is 0 Å². The van der Waals surface area contributed by atoms with Gasteiger partial charge in [0, 0.05) is 39.6 Å². The molecular weight excluding hydrogens is 491 g/mol. The second-order valence-electron chi connectivity index (χ2n) is 10.4. The molecule has 0 fully saturated rings. The summed E-state index contributed by atoms with van der Waals surface area (Å²) in [5.41, 5.74) is 5.06. The molecule has 0 aliphatic heterocycles. The highest BCUT2D eigenvalue weighted by Gasteiger charge is 2.23. The summed E-state index contributed by atoms with van der Waals surface area (Å²) in [6, 6.07) is 47.2. The van der Waals surface area contributed by atoms with Crippen molar-refractivity contribution in [2.45, 2.75) is 0 Å². The van der Waals surface area contributed by atoms with Crippen molar-refractivity contribution in [1.82, 2.24) is 0 Å². The number of anilines is 2. The molecule has 6 aromatic carbocycles. The van der Waals surface area contributed by atoms with Gasteiger partial charge in [-0.1, -0.05) is 103 Å². The molecule has 0 bridgehead atoms. The van der Waals surface area contributed by atoms with Crippen molar-refractivity contribution >= 4 is 56.8 Å². The summed E-state index contributed by atoms with van der Waals surface area (Å²) in [6.07, 6.45) is 0. The van der Waals surface area contributed by atoms with E-state index in [0.717, 1.165) is 0 Å². The Morgan fingerprint density at radius 2 is 0.923 bits per heavy atom. The minimum absolute atomic E-state index is 0.819. The zero-order valence-electron chi connectivity index (χ0n) is 23.0. The molecule has 192 valence electrons. The van der Waals surface area contributed by atoms with Crippen molar-refractivity contribution in [2.24, 2.45) is 0 Å². The highest BCUT2D eigenvalue weighted by Crippen LogP contribution is 2.42. The van der Waals surface area contributed by atoms with E-state index in [9.17, 15) is 0 Å². The smallest absolute Gasteiger partial charge is 0.0361 e. The van der Waals surface area contributed by atoms with Gasteiger partial charge in [-0.25, -0.2) is 0 Å². The molecule has 0 atom stereocenters. The van der Waals surface area contributed by atoms with Crippen LogP contribution < -0.4 is 25.7 Å². The zero-order valence-corrected chi connectivity index (χ0v) is 23.9. The van der Waals surface area contributed by atoms with Crippen molar-refractivity contribution in [3.8, 4) is 11.1 Å². The number of hydrogen-bond donors (Lipinski definition) is 0. The maximum Gasteiger partial charge on any atom is 0.0361 e. The molecule has 0 aromatic heterocycles. The predicted molar refractivity (Wildman–Crippen MR) is 174 cm³/mol. The number of rotatable bonds is 6. The van der Waals surface area contributed by atoms with Crippen molar-refractivity contribution in [3.63, 3.8) is 0 Å². The summed E-state index contributed by atoms with van der Waals surface area (Å²) in [7, 11) is 7.57. The molecule has 2 nitrogen and oxygen atoms in total. The van der Waals surface area contributed by atoms with Crippen molar-refractivity contribution in [3.05, 3.63) is 127 Å². The SMILES string of the molecule is CN(C)c1ccc(P(c2ccc(N(C)C)cc2)c2ccc3ccccc3c2-c2cccc3ccccc23)cc1. The third kappa shape index (κ3) is 4.78. The molecule has 6 rings (SSSR count). The topological polar surface area (TPSA) is 6.48 Å². The van der Waals surface area contributed by atoms with Crippen LogP contribution in [-0.4, -0.2) is 28.2 Å². The van der Waals surface area contributed by atoms with Crippen LogP contribution in [-0.2, 0) is 0 Å². The van der Waals surface area contributed by atoms with Crippen molar-refractivity contribution in [2.75, 3.05) is 38.0 Å². The van der Waals surface area contributed by atoms with E-state index in [4.69, 9.17) is 0 Å². The Kier molecular flexibility index (Phi) is 6.81. The first-order valence-electron chi connectivity index (χ1n) is 13.4. The lowest BCUT2D eigenvalue weighted by atomic mass is 9.94. The van der Waals surface area contributed by atoms with Gasteiger partial charge in [-0.05, 0) is 80.8 Å². The van der Waals surface area contributed by atoms with Gasteiger partial charge >= 0.3 is 0 Å². The highest BCUT2D eigenvalue weighted by molar-refractivity contribution is 7.80. The summed E-state index contributed by atoms with van der Waals surface area (Å²) in [5, 5.41) is 9.21. The average Bonchev–Trinajstić information content (AvgIpc) is 2.97. The van der Waals surface area contributed by atoms with Crippen LogP contribution in [0.25, 0.3) is 32.7 Å². The molecule has 0 aliphatic rings. The molecular formula is C36H33N2P. The summed E-state index contributed by atoms with van der Waals surface area (Å²) in [4.78, 5) is 4.32. The third-order valence-electron chi connectivity index (χ3n) is 7.46. The Morgan fingerprint density at radius 3 is 1.49 bits per heavy atom. The van der Waals surface area contributed by atoms with Crippen LogP contribution in [0.5, 0.6) is 0 Å². The molecule has 0 radical (unpaired) electrons. The van der Waals surface area contributed by atoms with Crippen LogP contribution in [0.1, 0.15) is 0 Å². The molecule has 0 heterocycles. The molecule has 0 unspecified atom stereocenters. The molecule has 3 heteroatoms. The van der Waals surface area contributed by atoms with Gasteiger partial charge in [0.1, 0.15) is 0 Å². The van der Waals surface area contributed by atoms with Crippen molar-refractivity contribution in [1.29, 1.82) is 0 Å². The fourth-order valence-electron chi connectivity index (χ4n) is 5.40. The lowest BCUT2D eigenvalue weighted by Crippen LogP contribution is -2.23. The minimum atomic E-state index is -0.819. The van der Waals surface area contributed by atoms with Crippen LogP contribution in [0.3, 0.4) is 0 Å². The number of benzene rings is 6. The summed E-state index contributed by atoms with van der Waals surface area (Å²) in [6.45, 7) is 0. The molecule has 0 N–H and O–H groups in total. The van der Waals surface area contributed by atoms with Gasteiger partial charge in [-0.3, -0.25) is 0 Å². The Morgan fingerprint density at radius 1 is 0.436 bits per heavy atom. The van der Waals surface area contributed by atoms with E-state index in [2.05, 4.69) is 165 Å². The van der Waals surface area contributed by atoms with E-state index < -0.39 is 7.92 Å². The fourth-order valence-corrected chi connectivity index (χ4v) is 7.84. The van der Waals surface area contributed by atoms with E-state index in [0.29, 0.717) is 0 Å². The lowest BCUT2D eigenvalue weighted by Gasteiger charge is -2.25. The van der Waals surface area contributed by atoms with E-state index in [1.165, 1.54) is 60.0 Å². The molecule has 0 saturated heterocycles. The van der Waals surface area contributed by atoms with Crippen LogP contribution in [0.4, 0.5) is 11.4 Å². The first kappa shape index (κ1) is 25.2. The van der Waals surface area contributed by atoms with Crippen LogP contribution in [0, 0.1) is 0 Å². The van der Waals surface area contributed by atoms with Crippen LogP contribution >= 0.6 is 7.92 Å². The first-order chi connectivity index (χ1) is 19.0. The quantitative estimate of drug-likeness (QED) is 0.208. The second-order valence-corrected chi connectivity index (χ2v) is 12.6. The summed E-state index contributed by atoms with van der Waals surface area (Å²) >= 11 is 0. The van der Waals surface area contributed by atoms with Gasteiger partial charge < -0.3 is 9.80 Å². The fraction of sp³-hybridized carbons (Fsp3) is 0.111. The standard InChI is InChI=1S/C36H33N2P/c1-37(2)28-17-21-30(22-18-28)39(31-23-19-29(20-24-31)38(3)4)35-25-16-27-11-6-8-14-33(27)36(35)34-15-9-12-26-10-5-7-13-32(26)34/h5-25H,1-4H3. The maximum atomic E-state index is 2.38. The normalized spacial score (nSPS) is 11.3. The Labute approximate surface area is 232 Å². The summed E-state index contributed by atoms with van der Waals surface area (Å²) < 4.78 is 0. The zero-order chi connectivity index (χ0) is 26.9. The van der Waals surface area contributed by atoms with Gasteiger partial charge in [0.05, 0.1) is 0 Å². The molecule has 0 aliphatic carbocycles. The highest BCUT2D eigenvalue weighted by atomic mass is 31.1. The average molecular weight is 525 g/mol. The largest absolute Gasteiger partial charge is 0.378 e. The Hall–Kier alpha value is -4.13. The molecule has 0 spiro atoms. The first-order valence-corrected chi connectivity index (χ1v) is 14.7. The second kappa shape index (κ2) is 10.6. The van der Waals surface area contributed by atoms with Gasteiger partial charge in [0.15, 0.2) is 0 Å². The third-order valence-corrected chi connectivity index (χ3v) is 9.94. The summed E-state index contributed by atoms with van der Waals surface area (Å²) in [5.74, 6) is 0. The lowest BCUT2D eigenvalue weighted by molar-refractivity contribution is 1.13. The molecule has 0 amide bonds. The van der Waals surface area contributed by atoms with E-state index in [1.807, 2.05) is 0 Å². The predicted octanol–water partition coefficient (Wildman–Crippen LogP) is 7.55. The van der Waals surface area contributed by atoms with Crippen LogP contribution in [0.2, 0.25) is 0 Å². The Balaban J connectivity index is 1.66. The number of nitrogens with zero attached hydrogens (tertiary/aromatic N) is 2. The van der Waals surface area contributed by atoms with Gasteiger partial charge in [-0.2, -0.15) is 0 Å². The molecule has 39 heavy (non-hydrogen) atoms. The Bertz CT molecular complexity index is 1700. The monoisotopic (exact) mass is 524 g/mol. The number of fused-ring (bicyclic) bond motifs is 2. The minimum Gasteiger partial charge on any atom is -0.378 e. The van der Waals surface area contributed by atoms with Crippen LogP contribution in [0.15, 0.2) is 127 Å². The molecule has 0 saturated carbocycles. The van der Waals surface area contributed by atoms with Gasteiger partial charge in [0.25, 0.3) is 0 Å².